The highest BCUT2D eigenvalue weighted by molar-refractivity contribution is 6.05. The average Bonchev–Trinajstić information content (AvgIpc) is 2.45. The van der Waals surface area contributed by atoms with Crippen molar-refractivity contribution in [3.8, 4) is 0 Å². The van der Waals surface area contributed by atoms with Gasteiger partial charge < -0.3 is 5.32 Å². The van der Waals surface area contributed by atoms with Gasteiger partial charge in [-0.2, -0.15) is 5.10 Å². The zero-order valence-corrected chi connectivity index (χ0v) is 12.3. The molecule has 2 N–H and O–H groups in total. The minimum absolute atomic E-state index is 0.0115. The molecule has 0 aromatic heterocycles. The van der Waals surface area contributed by atoms with Crippen molar-refractivity contribution >= 4 is 23.2 Å². The monoisotopic (exact) mass is 293 g/mol. The number of unbranched alkanes of at least 4 members (excludes halogenated alkanes) is 1. The fourth-order valence-corrected chi connectivity index (χ4v) is 1.58. The molecule has 0 fully saturated rings. The van der Waals surface area contributed by atoms with Crippen LogP contribution in [0.15, 0.2) is 29.4 Å². The highest BCUT2D eigenvalue weighted by Gasteiger charge is 2.08. The van der Waals surface area contributed by atoms with Crippen LogP contribution >= 0.6 is 0 Å². The van der Waals surface area contributed by atoms with Crippen molar-refractivity contribution in [3.05, 3.63) is 30.1 Å². The van der Waals surface area contributed by atoms with E-state index in [0.29, 0.717) is 12.1 Å². The maximum absolute atomic E-state index is 13.4. The lowest BCUT2D eigenvalue weighted by atomic mass is 10.2. The van der Waals surface area contributed by atoms with Gasteiger partial charge in [0.05, 0.1) is 12.1 Å². The van der Waals surface area contributed by atoms with Crippen molar-refractivity contribution in [1.82, 2.24) is 5.43 Å². The number of hydrogen-bond acceptors (Lipinski definition) is 3. The van der Waals surface area contributed by atoms with Gasteiger partial charge in [0.2, 0.25) is 11.8 Å². The number of carbonyl (C=O) groups excluding carboxylic acids is 2. The summed E-state index contributed by atoms with van der Waals surface area (Å²) in [6.07, 6.45) is 2.13. The Morgan fingerprint density at radius 1 is 1.24 bits per heavy atom. The third-order valence-corrected chi connectivity index (χ3v) is 2.69. The van der Waals surface area contributed by atoms with Gasteiger partial charge in [-0.1, -0.05) is 25.5 Å². The second-order valence-corrected chi connectivity index (χ2v) is 4.69. The Bertz CT molecular complexity index is 529. The molecule has 0 saturated heterocycles. The topological polar surface area (TPSA) is 70.6 Å². The first-order chi connectivity index (χ1) is 10.0. The largest absolute Gasteiger partial charge is 0.323 e. The average molecular weight is 293 g/mol. The smallest absolute Gasteiger partial charge is 0.240 e. The molecule has 6 heteroatoms. The first-order valence-corrected chi connectivity index (χ1v) is 6.89. The van der Waals surface area contributed by atoms with E-state index in [2.05, 4.69) is 15.8 Å². The number of halogens is 1. The molecule has 0 bridgehead atoms. The summed E-state index contributed by atoms with van der Waals surface area (Å²) in [4.78, 5) is 23.1. The van der Waals surface area contributed by atoms with E-state index in [-0.39, 0.29) is 23.9 Å². The maximum Gasteiger partial charge on any atom is 0.240 e. The van der Waals surface area contributed by atoms with Crippen LogP contribution in [0.2, 0.25) is 0 Å². The number of nitrogens with zero attached hydrogens (tertiary/aromatic N) is 1. The summed E-state index contributed by atoms with van der Waals surface area (Å²) < 4.78 is 13.4. The summed E-state index contributed by atoms with van der Waals surface area (Å²) >= 11 is 0. The molecule has 21 heavy (non-hydrogen) atoms. The molecule has 0 aliphatic heterocycles. The molecule has 0 unspecified atom stereocenters. The molecule has 0 aliphatic carbocycles. The molecule has 1 aromatic rings. The van der Waals surface area contributed by atoms with E-state index in [1.165, 1.54) is 12.1 Å². The van der Waals surface area contributed by atoms with Crippen molar-refractivity contribution in [2.24, 2.45) is 5.10 Å². The predicted molar refractivity (Wildman–Crippen MR) is 80.4 cm³/mol. The highest BCUT2D eigenvalue weighted by atomic mass is 19.1. The van der Waals surface area contributed by atoms with Crippen LogP contribution in [0.1, 0.15) is 39.5 Å². The molecular weight excluding hydrogens is 273 g/mol. The highest BCUT2D eigenvalue weighted by Crippen LogP contribution is 2.12. The molecule has 0 aliphatic rings. The van der Waals surface area contributed by atoms with Crippen LogP contribution in [0.25, 0.3) is 0 Å². The van der Waals surface area contributed by atoms with E-state index in [1.807, 2.05) is 6.92 Å². The lowest BCUT2D eigenvalue weighted by Gasteiger charge is -2.06. The van der Waals surface area contributed by atoms with E-state index in [1.54, 1.807) is 19.1 Å². The Labute approximate surface area is 123 Å². The molecule has 1 aromatic carbocycles. The van der Waals surface area contributed by atoms with E-state index < -0.39 is 5.82 Å². The first kappa shape index (κ1) is 16.8. The Morgan fingerprint density at radius 2 is 1.95 bits per heavy atom. The van der Waals surface area contributed by atoms with E-state index >= 15 is 0 Å². The summed E-state index contributed by atoms with van der Waals surface area (Å²) in [5.74, 6) is -1.05. The molecular formula is C15H20FN3O2. The zero-order valence-electron chi connectivity index (χ0n) is 12.3. The number of hydrazone groups is 1. The third-order valence-electron chi connectivity index (χ3n) is 2.69. The van der Waals surface area contributed by atoms with Gasteiger partial charge in [0, 0.05) is 12.1 Å². The van der Waals surface area contributed by atoms with Crippen molar-refractivity contribution in [2.75, 3.05) is 5.32 Å². The summed E-state index contributed by atoms with van der Waals surface area (Å²) in [6.45, 7) is 3.62. The third kappa shape index (κ3) is 6.65. The van der Waals surface area contributed by atoms with E-state index in [4.69, 9.17) is 0 Å². The van der Waals surface area contributed by atoms with Crippen LogP contribution < -0.4 is 10.7 Å². The Hall–Kier alpha value is -2.24. The number of para-hydroxylation sites is 1. The van der Waals surface area contributed by atoms with E-state index in [0.717, 1.165) is 12.8 Å². The zero-order chi connectivity index (χ0) is 15.7. The summed E-state index contributed by atoms with van der Waals surface area (Å²) in [5.41, 5.74) is 2.97. The number of benzene rings is 1. The van der Waals surface area contributed by atoms with Gasteiger partial charge in [0.15, 0.2) is 0 Å². The van der Waals surface area contributed by atoms with E-state index in [9.17, 15) is 14.0 Å². The second kappa shape index (κ2) is 8.84. The lowest BCUT2D eigenvalue weighted by Crippen LogP contribution is -2.21. The van der Waals surface area contributed by atoms with Crippen molar-refractivity contribution in [2.45, 2.75) is 39.5 Å². The van der Waals surface area contributed by atoms with Gasteiger partial charge in [-0.25, -0.2) is 9.82 Å². The standard InChI is InChI=1S/C15H20FN3O2/c1-3-4-9-14(20)19-18-11(2)10-15(21)17-13-8-6-5-7-12(13)16/h5-8H,3-4,9-10H2,1-2H3,(H,17,21)(H,19,20). The van der Waals surface area contributed by atoms with Gasteiger partial charge in [0.1, 0.15) is 5.82 Å². The number of hydrogen-bond donors (Lipinski definition) is 2. The molecule has 0 radical (unpaired) electrons. The van der Waals surface area contributed by atoms with Gasteiger partial charge in [-0.3, -0.25) is 9.59 Å². The molecule has 0 saturated carbocycles. The number of amides is 2. The Balaban J connectivity index is 2.43. The molecule has 5 nitrogen and oxygen atoms in total. The fourth-order valence-electron chi connectivity index (χ4n) is 1.58. The van der Waals surface area contributed by atoms with Crippen LogP contribution in [0.3, 0.4) is 0 Å². The van der Waals surface area contributed by atoms with Crippen LogP contribution in [-0.2, 0) is 9.59 Å². The van der Waals surface area contributed by atoms with Gasteiger partial charge >= 0.3 is 0 Å². The SMILES string of the molecule is CCCCC(=O)NN=C(C)CC(=O)Nc1ccccc1F. The van der Waals surface area contributed by atoms with Crippen molar-refractivity contribution in [3.63, 3.8) is 0 Å². The lowest BCUT2D eigenvalue weighted by molar-refractivity contribution is -0.121. The van der Waals surface area contributed by atoms with Crippen LogP contribution in [0, 0.1) is 5.82 Å². The number of nitrogens with one attached hydrogen (secondary N) is 2. The predicted octanol–water partition coefficient (Wildman–Crippen LogP) is 2.84. The molecule has 0 atom stereocenters. The minimum Gasteiger partial charge on any atom is -0.323 e. The first-order valence-electron chi connectivity index (χ1n) is 6.89. The van der Waals surface area contributed by atoms with Crippen LogP contribution in [0.4, 0.5) is 10.1 Å². The van der Waals surface area contributed by atoms with Gasteiger partial charge in [0.25, 0.3) is 0 Å². The molecule has 1 rings (SSSR count). The number of anilines is 1. The second-order valence-electron chi connectivity index (χ2n) is 4.69. The quantitative estimate of drug-likeness (QED) is 0.599. The Morgan fingerprint density at radius 3 is 2.62 bits per heavy atom. The molecule has 114 valence electrons. The number of rotatable bonds is 7. The van der Waals surface area contributed by atoms with Crippen LogP contribution in [0.5, 0.6) is 0 Å². The summed E-state index contributed by atoms with van der Waals surface area (Å²) in [5, 5.41) is 6.30. The normalized spacial score (nSPS) is 11.1. The van der Waals surface area contributed by atoms with Crippen molar-refractivity contribution < 1.29 is 14.0 Å². The van der Waals surface area contributed by atoms with Gasteiger partial charge in [-0.05, 0) is 25.5 Å². The molecule has 0 heterocycles. The number of carbonyl (C=O) groups is 2. The molecule has 2 amide bonds. The minimum atomic E-state index is -0.492. The summed E-state index contributed by atoms with van der Waals surface area (Å²) in [7, 11) is 0. The van der Waals surface area contributed by atoms with Crippen molar-refractivity contribution in [1.29, 1.82) is 0 Å². The maximum atomic E-state index is 13.4. The van der Waals surface area contributed by atoms with Gasteiger partial charge in [-0.15, -0.1) is 0 Å². The summed E-state index contributed by atoms with van der Waals surface area (Å²) in [6, 6.07) is 5.92. The molecule has 0 spiro atoms. The van der Waals surface area contributed by atoms with Crippen LogP contribution in [-0.4, -0.2) is 17.5 Å². The fraction of sp³-hybridized carbons (Fsp3) is 0.400. The Kier molecular flexibility index (Phi) is 7.08.